The molecule has 5 heteroatoms. The van der Waals surface area contributed by atoms with Crippen molar-refractivity contribution in [3.63, 3.8) is 0 Å². The largest absolute Gasteiger partial charge is 0.507 e. The van der Waals surface area contributed by atoms with Crippen LogP contribution in [-0.2, 0) is 0 Å². The van der Waals surface area contributed by atoms with Gasteiger partial charge >= 0.3 is 5.63 Å². The summed E-state index contributed by atoms with van der Waals surface area (Å²) in [6.45, 7) is 1.84. The number of hydrogen-bond acceptors (Lipinski definition) is 5. The Morgan fingerprint density at radius 3 is 2.75 bits per heavy atom. The summed E-state index contributed by atoms with van der Waals surface area (Å²) in [5.41, 5.74) is 5.72. The van der Waals surface area contributed by atoms with Crippen LogP contribution in [0, 0.1) is 6.92 Å². The zero-order valence-electron chi connectivity index (χ0n) is 13.1. The molecule has 0 fully saturated rings. The van der Waals surface area contributed by atoms with Crippen molar-refractivity contribution in [1.82, 2.24) is 5.43 Å². The second-order valence-corrected chi connectivity index (χ2v) is 5.91. The third kappa shape index (κ3) is 2.25. The minimum absolute atomic E-state index is 0.0352. The Morgan fingerprint density at radius 1 is 1.17 bits per heavy atom. The molecule has 1 atom stereocenters. The molecule has 0 saturated heterocycles. The molecule has 120 valence electrons. The van der Waals surface area contributed by atoms with Crippen LogP contribution in [0.15, 0.2) is 62.8 Å². The first-order valence-electron chi connectivity index (χ1n) is 7.78. The summed E-state index contributed by atoms with van der Waals surface area (Å²) in [6.07, 6.45) is 0.514. The maximum absolute atomic E-state index is 12.4. The van der Waals surface area contributed by atoms with Gasteiger partial charge in [0, 0.05) is 6.42 Å². The van der Waals surface area contributed by atoms with E-state index in [2.05, 4.69) is 10.5 Å². The van der Waals surface area contributed by atoms with Crippen LogP contribution in [0.5, 0.6) is 5.75 Å². The number of hydrogen-bond donors (Lipinski definition) is 2. The van der Waals surface area contributed by atoms with Gasteiger partial charge in [0.2, 0.25) is 0 Å². The number of benzene rings is 2. The fourth-order valence-electron chi connectivity index (χ4n) is 3.09. The van der Waals surface area contributed by atoms with Gasteiger partial charge in [-0.05, 0) is 24.1 Å². The monoisotopic (exact) mass is 320 g/mol. The van der Waals surface area contributed by atoms with Crippen molar-refractivity contribution in [2.24, 2.45) is 5.10 Å². The Bertz CT molecular complexity index is 1010. The van der Waals surface area contributed by atoms with Crippen molar-refractivity contribution in [3.05, 3.63) is 75.6 Å². The van der Waals surface area contributed by atoms with Crippen LogP contribution in [0.25, 0.3) is 11.0 Å². The average Bonchev–Trinajstić information content (AvgIpc) is 3.06. The summed E-state index contributed by atoms with van der Waals surface area (Å²) < 4.78 is 5.45. The molecule has 0 spiro atoms. The molecule has 2 N–H and O–H groups in total. The highest BCUT2D eigenvalue weighted by atomic mass is 16.4. The number of para-hydroxylation sites is 1. The average molecular weight is 320 g/mol. The molecule has 0 saturated carbocycles. The summed E-state index contributed by atoms with van der Waals surface area (Å²) in [6, 6.07) is 14.8. The number of aromatic hydroxyl groups is 1. The van der Waals surface area contributed by atoms with E-state index in [0.717, 1.165) is 16.8 Å². The lowest BCUT2D eigenvalue weighted by Crippen LogP contribution is -2.19. The van der Waals surface area contributed by atoms with Crippen LogP contribution >= 0.6 is 0 Å². The lowest BCUT2D eigenvalue weighted by molar-refractivity contribution is 0.438. The molecule has 4 rings (SSSR count). The number of hydrazone groups is 1. The quantitative estimate of drug-likeness (QED) is 0.711. The zero-order chi connectivity index (χ0) is 16.7. The second-order valence-electron chi connectivity index (χ2n) is 5.91. The molecular weight excluding hydrogens is 304 g/mol. The van der Waals surface area contributed by atoms with Crippen LogP contribution in [0.3, 0.4) is 0 Å². The first-order chi connectivity index (χ1) is 11.6. The number of fused-ring (bicyclic) bond motifs is 1. The summed E-state index contributed by atoms with van der Waals surface area (Å²) in [5, 5.41) is 15.5. The van der Waals surface area contributed by atoms with Crippen molar-refractivity contribution in [2.75, 3.05) is 0 Å². The predicted octanol–water partition coefficient (Wildman–Crippen LogP) is 3.25. The normalized spacial score (nSPS) is 16.9. The van der Waals surface area contributed by atoms with Crippen molar-refractivity contribution in [3.8, 4) is 5.75 Å². The van der Waals surface area contributed by atoms with E-state index in [9.17, 15) is 9.90 Å². The van der Waals surface area contributed by atoms with Crippen molar-refractivity contribution >= 4 is 16.7 Å². The number of nitrogens with zero attached hydrogens (tertiary/aromatic N) is 1. The molecule has 2 aromatic carbocycles. The summed E-state index contributed by atoms with van der Waals surface area (Å²) in [7, 11) is 0. The Morgan fingerprint density at radius 2 is 1.96 bits per heavy atom. The summed E-state index contributed by atoms with van der Waals surface area (Å²) >= 11 is 0. The van der Waals surface area contributed by atoms with Gasteiger partial charge in [0.15, 0.2) is 0 Å². The number of rotatable bonds is 2. The van der Waals surface area contributed by atoms with Crippen molar-refractivity contribution < 1.29 is 9.52 Å². The van der Waals surface area contributed by atoms with Crippen LogP contribution in [0.1, 0.15) is 29.2 Å². The van der Waals surface area contributed by atoms with Gasteiger partial charge in [0.25, 0.3) is 0 Å². The zero-order valence-corrected chi connectivity index (χ0v) is 13.1. The van der Waals surface area contributed by atoms with E-state index in [1.165, 1.54) is 0 Å². The number of aryl methyl sites for hydroxylation is 1. The first-order valence-corrected chi connectivity index (χ1v) is 7.78. The third-order valence-corrected chi connectivity index (χ3v) is 4.35. The van der Waals surface area contributed by atoms with E-state index in [0.29, 0.717) is 17.4 Å². The van der Waals surface area contributed by atoms with E-state index >= 15 is 0 Å². The first kappa shape index (κ1) is 14.5. The minimum Gasteiger partial charge on any atom is -0.507 e. The summed E-state index contributed by atoms with van der Waals surface area (Å²) in [4.78, 5) is 12.4. The van der Waals surface area contributed by atoms with Crippen molar-refractivity contribution in [2.45, 2.75) is 19.4 Å². The molecule has 5 nitrogen and oxygen atoms in total. The van der Waals surface area contributed by atoms with E-state index in [1.807, 2.05) is 49.4 Å². The van der Waals surface area contributed by atoms with E-state index < -0.39 is 11.7 Å². The standard InChI is InChI=1S/C19H16N2O3/c1-11-6-5-9-13-17(22)16(19(23)24-18(11)13)15-10-14(20-21-15)12-7-3-2-4-8-12/h2-9,15,21-22H,10H2,1H3. The molecule has 0 amide bonds. The Hall–Kier alpha value is -3.08. The van der Waals surface area contributed by atoms with E-state index in [4.69, 9.17) is 4.42 Å². The molecule has 1 aliphatic rings. The third-order valence-electron chi connectivity index (χ3n) is 4.35. The molecule has 24 heavy (non-hydrogen) atoms. The fraction of sp³-hybridized carbons (Fsp3) is 0.158. The Balaban J connectivity index is 1.75. The van der Waals surface area contributed by atoms with Crippen molar-refractivity contribution in [1.29, 1.82) is 0 Å². The minimum atomic E-state index is -0.531. The highest BCUT2D eigenvalue weighted by molar-refractivity contribution is 6.02. The van der Waals surface area contributed by atoms with Gasteiger partial charge in [-0.25, -0.2) is 4.79 Å². The maximum Gasteiger partial charge on any atom is 0.345 e. The molecule has 2 heterocycles. The Labute approximate surface area is 138 Å². The molecule has 0 aliphatic carbocycles. The lowest BCUT2D eigenvalue weighted by Gasteiger charge is -2.12. The molecule has 1 unspecified atom stereocenters. The predicted molar refractivity (Wildman–Crippen MR) is 92.4 cm³/mol. The summed E-state index contributed by atoms with van der Waals surface area (Å²) in [5.74, 6) is -0.0352. The van der Waals surface area contributed by atoms with Gasteiger partial charge in [-0.3, -0.25) is 0 Å². The van der Waals surface area contributed by atoms with Gasteiger partial charge in [-0.2, -0.15) is 5.10 Å². The maximum atomic E-state index is 12.4. The molecule has 0 radical (unpaired) electrons. The van der Waals surface area contributed by atoms with E-state index in [1.54, 1.807) is 6.07 Å². The molecule has 1 aliphatic heterocycles. The highest BCUT2D eigenvalue weighted by Gasteiger charge is 2.28. The molecular formula is C19H16N2O3. The topological polar surface area (TPSA) is 74.8 Å². The fourth-order valence-corrected chi connectivity index (χ4v) is 3.09. The van der Waals surface area contributed by atoms with E-state index in [-0.39, 0.29) is 11.3 Å². The lowest BCUT2D eigenvalue weighted by atomic mass is 9.98. The SMILES string of the molecule is Cc1cccc2c(O)c(C3CC(c4ccccc4)=NN3)c(=O)oc12. The molecule has 1 aromatic heterocycles. The molecule has 3 aromatic rings. The highest BCUT2D eigenvalue weighted by Crippen LogP contribution is 2.34. The smallest absolute Gasteiger partial charge is 0.345 e. The van der Waals surface area contributed by atoms with Gasteiger partial charge in [-0.1, -0.05) is 42.5 Å². The van der Waals surface area contributed by atoms with Crippen LogP contribution in [0.2, 0.25) is 0 Å². The number of nitrogens with one attached hydrogen (secondary N) is 1. The van der Waals surface area contributed by atoms with Gasteiger partial charge in [0.05, 0.1) is 17.1 Å². The van der Waals surface area contributed by atoms with Gasteiger partial charge in [0.1, 0.15) is 16.9 Å². The van der Waals surface area contributed by atoms with Crippen LogP contribution < -0.4 is 11.1 Å². The van der Waals surface area contributed by atoms with Gasteiger partial charge in [-0.15, -0.1) is 0 Å². The second kappa shape index (κ2) is 5.53. The van der Waals surface area contributed by atoms with Crippen LogP contribution in [0.4, 0.5) is 0 Å². The molecule has 0 bridgehead atoms. The van der Waals surface area contributed by atoms with Gasteiger partial charge < -0.3 is 14.9 Å². The van der Waals surface area contributed by atoms with Crippen LogP contribution in [-0.4, -0.2) is 10.8 Å². The Kier molecular flexibility index (Phi) is 3.34.